The van der Waals surface area contributed by atoms with Gasteiger partial charge in [-0.05, 0) is 36.4 Å². The van der Waals surface area contributed by atoms with E-state index in [0.717, 1.165) is 15.6 Å². The maximum atomic E-state index is 12.3. The summed E-state index contributed by atoms with van der Waals surface area (Å²) in [6.45, 7) is 0. The molecule has 0 saturated carbocycles. The topological polar surface area (TPSA) is 67.8 Å². The minimum Gasteiger partial charge on any atom is -0.296 e. The smallest absolute Gasteiger partial charge is 0.276 e. The van der Waals surface area contributed by atoms with Gasteiger partial charge in [0.05, 0.1) is 10.2 Å². The zero-order chi connectivity index (χ0) is 14.9. The third kappa shape index (κ3) is 2.29. The summed E-state index contributed by atoms with van der Waals surface area (Å²) in [7, 11) is 0. The van der Waals surface area contributed by atoms with Gasteiger partial charge in [-0.25, -0.2) is 15.0 Å². The van der Waals surface area contributed by atoms with E-state index in [1.54, 1.807) is 12.3 Å². The summed E-state index contributed by atoms with van der Waals surface area (Å²) in [6.07, 6.45) is 1.66. The van der Waals surface area contributed by atoms with Crippen LogP contribution in [-0.2, 0) is 0 Å². The van der Waals surface area contributed by atoms with Crippen molar-refractivity contribution in [3.63, 3.8) is 0 Å². The van der Waals surface area contributed by atoms with E-state index in [9.17, 15) is 4.79 Å². The zero-order valence-electron chi connectivity index (χ0n) is 11.4. The summed E-state index contributed by atoms with van der Waals surface area (Å²) in [4.78, 5) is 25.1. The van der Waals surface area contributed by atoms with E-state index >= 15 is 0 Å². The van der Waals surface area contributed by atoms with Crippen LogP contribution in [0.1, 0.15) is 10.5 Å². The molecule has 0 aliphatic heterocycles. The minimum atomic E-state index is -0.286. The lowest BCUT2D eigenvalue weighted by molar-refractivity contribution is 0.102. The van der Waals surface area contributed by atoms with E-state index in [1.807, 2.05) is 42.5 Å². The average Bonchev–Trinajstić information content (AvgIpc) is 2.96. The number of para-hydroxylation sites is 1. The van der Waals surface area contributed by atoms with Crippen molar-refractivity contribution >= 4 is 43.6 Å². The average molecular weight is 306 g/mol. The number of thiazole rings is 1. The van der Waals surface area contributed by atoms with Gasteiger partial charge >= 0.3 is 0 Å². The number of rotatable bonds is 2. The third-order valence-electron chi connectivity index (χ3n) is 3.21. The first-order valence-electron chi connectivity index (χ1n) is 6.68. The number of hydrogen-bond donors (Lipinski definition) is 1. The van der Waals surface area contributed by atoms with Crippen LogP contribution < -0.4 is 5.32 Å². The van der Waals surface area contributed by atoms with Crippen molar-refractivity contribution in [2.45, 2.75) is 0 Å². The van der Waals surface area contributed by atoms with Crippen LogP contribution in [0.5, 0.6) is 0 Å². The van der Waals surface area contributed by atoms with Crippen molar-refractivity contribution in [3.05, 3.63) is 60.4 Å². The first kappa shape index (κ1) is 12.8. The number of fused-ring (bicyclic) bond motifs is 2. The monoisotopic (exact) mass is 306 g/mol. The molecule has 0 unspecified atom stereocenters. The number of pyridine rings is 2. The van der Waals surface area contributed by atoms with Gasteiger partial charge in [-0.2, -0.15) is 0 Å². The summed E-state index contributed by atoms with van der Waals surface area (Å²) in [5.41, 5.74) is 1.75. The Morgan fingerprint density at radius 2 is 1.91 bits per heavy atom. The summed E-state index contributed by atoms with van der Waals surface area (Å²) >= 11 is 1.44. The fourth-order valence-corrected chi connectivity index (χ4v) is 3.03. The molecule has 6 heteroatoms. The van der Waals surface area contributed by atoms with Crippen molar-refractivity contribution in [3.8, 4) is 0 Å². The highest BCUT2D eigenvalue weighted by Gasteiger charge is 2.11. The van der Waals surface area contributed by atoms with Crippen LogP contribution in [0.4, 0.5) is 5.13 Å². The first-order valence-corrected chi connectivity index (χ1v) is 7.50. The molecule has 0 radical (unpaired) electrons. The standard InChI is InChI=1S/C16H10N4OS/c21-15(12-8-7-10-4-3-9-17-14(10)18-12)20-16-19-11-5-1-2-6-13(11)22-16/h1-9H,(H,19,20,21). The molecule has 0 aliphatic carbocycles. The van der Waals surface area contributed by atoms with E-state index in [1.165, 1.54) is 11.3 Å². The minimum absolute atomic E-state index is 0.286. The SMILES string of the molecule is O=C(Nc1nc2ccccc2s1)c1ccc2cccnc2n1. The van der Waals surface area contributed by atoms with Crippen molar-refractivity contribution < 1.29 is 4.79 Å². The van der Waals surface area contributed by atoms with E-state index < -0.39 is 0 Å². The molecule has 0 spiro atoms. The Hall–Kier alpha value is -2.86. The number of amides is 1. The Labute approximate surface area is 129 Å². The second-order valence-corrected chi connectivity index (χ2v) is 5.72. The van der Waals surface area contributed by atoms with Crippen molar-refractivity contribution in [2.24, 2.45) is 0 Å². The summed E-state index contributed by atoms with van der Waals surface area (Å²) in [5.74, 6) is -0.286. The van der Waals surface area contributed by atoms with Crippen LogP contribution in [0, 0.1) is 0 Å². The Kier molecular flexibility index (Phi) is 3.01. The molecule has 1 amide bonds. The maximum absolute atomic E-state index is 12.3. The molecular weight excluding hydrogens is 296 g/mol. The number of anilines is 1. The largest absolute Gasteiger partial charge is 0.296 e. The fraction of sp³-hybridized carbons (Fsp3) is 0. The lowest BCUT2D eigenvalue weighted by Crippen LogP contribution is -2.13. The van der Waals surface area contributed by atoms with Crippen LogP contribution in [0.3, 0.4) is 0 Å². The van der Waals surface area contributed by atoms with Gasteiger partial charge in [-0.15, -0.1) is 0 Å². The lowest BCUT2D eigenvalue weighted by atomic mass is 10.2. The van der Waals surface area contributed by atoms with Crippen molar-refractivity contribution in [1.82, 2.24) is 15.0 Å². The number of carbonyl (C=O) groups is 1. The number of hydrogen-bond acceptors (Lipinski definition) is 5. The molecule has 0 fully saturated rings. The van der Waals surface area contributed by atoms with E-state index in [4.69, 9.17) is 0 Å². The molecule has 0 bridgehead atoms. The molecule has 0 saturated heterocycles. The van der Waals surface area contributed by atoms with Gasteiger partial charge in [-0.1, -0.05) is 23.5 Å². The quantitative estimate of drug-likeness (QED) is 0.615. The van der Waals surface area contributed by atoms with Crippen LogP contribution >= 0.6 is 11.3 Å². The Morgan fingerprint density at radius 3 is 2.82 bits per heavy atom. The number of aromatic nitrogens is 3. The molecule has 0 atom stereocenters. The molecule has 1 aromatic carbocycles. The van der Waals surface area contributed by atoms with Gasteiger partial charge in [0, 0.05) is 11.6 Å². The van der Waals surface area contributed by atoms with E-state index in [2.05, 4.69) is 20.3 Å². The predicted molar refractivity (Wildman–Crippen MR) is 87.1 cm³/mol. The molecule has 4 aromatic rings. The second kappa shape index (κ2) is 5.16. The number of carbonyl (C=O) groups excluding carboxylic acids is 1. The molecule has 4 rings (SSSR count). The molecule has 3 heterocycles. The normalized spacial score (nSPS) is 10.9. The Bertz CT molecular complexity index is 962. The number of nitrogens with zero attached hydrogens (tertiary/aromatic N) is 3. The first-order chi connectivity index (χ1) is 10.8. The molecule has 22 heavy (non-hydrogen) atoms. The van der Waals surface area contributed by atoms with Gasteiger partial charge in [0.15, 0.2) is 10.8 Å². The predicted octanol–water partition coefficient (Wildman–Crippen LogP) is 3.49. The fourth-order valence-electron chi connectivity index (χ4n) is 2.17. The number of benzene rings is 1. The van der Waals surface area contributed by atoms with Gasteiger partial charge < -0.3 is 0 Å². The van der Waals surface area contributed by atoms with Crippen LogP contribution in [0.25, 0.3) is 21.3 Å². The molecule has 1 N–H and O–H groups in total. The second-order valence-electron chi connectivity index (χ2n) is 4.69. The molecule has 5 nitrogen and oxygen atoms in total. The van der Waals surface area contributed by atoms with Gasteiger partial charge in [0.25, 0.3) is 5.91 Å². The lowest BCUT2D eigenvalue weighted by Gasteiger charge is -2.02. The maximum Gasteiger partial charge on any atom is 0.276 e. The van der Waals surface area contributed by atoms with Crippen LogP contribution in [-0.4, -0.2) is 20.9 Å². The highest BCUT2D eigenvalue weighted by Crippen LogP contribution is 2.25. The third-order valence-corrected chi connectivity index (χ3v) is 4.16. The molecule has 0 aliphatic rings. The Morgan fingerprint density at radius 1 is 1.00 bits per heavy atom. The van der Waals surface area contributed by atoms with Crippen LogP contribution in [0.2, 0.25) is 0 Å². The highest BCUT2D eigenvalue weighted by molar-refractivity contribution is 7.22. The summed E-state index contributed by atoms with van der Waals surface area (Å²) < 4.78 is 1.03. The highest BCUT2D eigenvalue weighted by atomic mass is 32.1. The van der Waals surface area contributed by atoms with E-state index in [-0.39, 0.29) is 5.91 Å². The van der Waals surface area contributed by atoms with E-state index in [0.29, 0.717) is 16.5 Å². The van der Waals surface area contributed by atoms with Crippen molar-refractivity contribution in [1.29, 1.82) is 0 Å². The zero-order valence-corrected chi connectivity index (χ0v) is 12.2. The molecule has 106 valence electrons. The summed E-state index contributed by atoms with van der Waals surface area (Å²) in [5, 5.41) is 4.26. The summed E-state index contributed by atoms with van der Waals surface area (Å²) in [6, 6.07) is 15.0. The molecule has 3 aromatic heterocycles. The van der Waals surface area contributed by atoms with Gasteiger partial charge in [-0.3, -0.25) is 10.1 Å². The van der Waals surface area contributed by atoms with Crippen LogP contribution in [0.15, 0.2) is 54.7 Å². The Balaban J connectivity index is 1.65. The molecular formula is C16H10N4OS. The van der Waals surface area contributed by atoms with Gasteiger partial charge in [0.1, 0.15) is 5.69 Å². The number of nitrogens with one attached hydrogen (secondary N) is 1. The van der Waals surface area contributed by atoms with Crippen molar-refractivity contribution in [2.75, 3.05) is 5.32 Å². The van der Waals surface area contributed by atoms with Gasteiger partial charge in [0.2, 0.25) is 0 Å².